The van der Waals surface area contributed by atoms with Crippen LogP contribution in [0.3, 0.4) is 0 Å². The lowest BCUT2D eigenvalue weighted by molar-refractivity contribution is -0.156. The zero-order chi connectivity index (χ0) is 20.2. The molecule has 1 N–H and O–H groups in total. The molecule has 2 unspecified atom stereocenters. The van der Waals surface area contributed by atoms with Crippen LogP contribution in [-0.4, -0.2) is 65.7 Å². The number of hydrogen-bond acceptors (Lipinski definition) is 4. The Morgan fingerprint density at radius 3 is 2.24 bits per heavy atom. The zero-order valence-electron chi connectivity index (χ0n) is 17.0. The lowest BCUT2D eigenvalue weighted by Crippen LogP contribution is -2.52. The van der Waals surface area contributed by atoms with Crippen molar-refractivity contribution in [1.29, 1.82) is 0 Å². The lowest BCUT2D eigenvalue weighted by Gasteiger charge is -2.43. The molecule has 2 saturated heterocycles. The summed E-state index contributed by atoms with van der Waals surface area (Å²) in [5.74, 6) is 0.566. The van der Waals surface area contributed by atoms with Crippen LogP contribution in [-0.2, 0) is 14.3 Å². The highest BCUT2D eigenvalue weighted by atomic mass is 16.5. The third kappa shape index (κ3) is 4.33. The van der Waals surface area contributed by atoms with Crippen molar-refractivity contribution < 1.29 is 19.4 Å². The number of amides is 2. The number of benzene rings is 1. The second kappa shape index (κ2) is 9.26. The molecule has 1 saturated carbocycles. The highest BCUT2D eigenvalue weighted by Gasteiger charge is 2.40. The Morgan fingerprint density at radius 1 is 0.931 bits per heavy atom. The number of aliphatic hydroxyl groups is 1. The maximum Gasteiger partial charge on any atom is 0.226 e. The van der Waals surface area contributed by atoms with Crippen molar-refractivity contribution >= 4 is 11.8 Å². The number of nitrogens with zero attached hydrogens (tertiary/aromatic N) is 2. The van der Waals surface area contributed by atoms with Crippen LogP contribution in [0.4, 0.5) is 0 Å². The normalized spacial score (nSPS) is 26.7. The van der Waals surface area contributed by atoms with E-state index in [1.54, 1.807) is 0 Å². The molecule has 1 aromatic carbocycles. The number of aliphatic hydroxyl groups excluding tert-OH is 1. The lowest BCUT2D eigenvalue weighted by atomic mass is 9.91. The third-order valence-corrected chi connectivity index (χ3v) is 6.82. The highest BCUT2D eigenvalue weighted by molar-refractivity contribution is 5.81. The largest absolute Gasteiger partial charge is 0.394 e. The van der Waals surface area contributed by atoms with Crippen LogP contribution >= 0.6 is 0 Å². The second-order valence-corrected chi connectivity index (χ2v) is 8.56. The summed E-state index contributed by atoms with van der Waals surface area (Å²) in [5, 5.41) is 9.83. The van der Waals surface area contributed by atoms with E-state index in [0.717, 1.165) is 44.1 Å². The number of carbonyl (C=O) groups excluding carboxylic acids is 2. The van der Waals surface area contributed by atoms with Crippen LogP contribution in [0, 0.1) is 11.8 Å². The van der Waals surface area contributed by atoms with Gasteiger partial charge in [0.2, 0.25) is 11.8 Å². The summed E-state index contributed by atoms with van der Waals surface area (Å²) in [6.45, 7) is 2.22. The van der Waals surface area contributed by atoms with Gasteiger partial charge in [0.15, 0.2) is 0 Å². The number of ether oxygens (including phenoxy) is 1. The SMILES string of the molecule is O=C(C1CCCC1)N1CCC(C(=O)N2CCOC(CO)C2c2ccccc2)CC1. The summed E-state index contributed by atoms with van der Waals surface area (Å²) in [6, 6.07) is 9.57. The maximum absolute atomic E-state index is 13.4. The molecule has 0 radical (unpaired) electrons. The molecular weight excluding hydrogens is 368 g/mol. The molecule has 1 aliphatic carbocycles. The van der Waals surface area contributed by atoms with Crippen LogP contribution < -0.4 is 0 Å². The Balaban J connectivity index is 1.42. The maximum atomic E-state index is 13.4. The topological polar surface area (TPSA) is 70.1 Å². The van der Waals surface area contributed by atoms with Gasteiger partial charge in [-0.05, 0) is 31.2 Å². The summed E-state index contributed by atoms with van der Waals surface area (Å²) in [4.78, 5) is 30.0. The van der Waals surface area contributed by atoms with Gasteiger partial charge in [-0.1, -0.05) is 43.2 Å². The molecule has 6 nitrogen and oxygen atoms in total. The van der Waals surface area contributed by atoms with Gasteiger partial charge in [-0.2, -0.15) is 0 Å². The Bertz CT molecular complexity index is 696. The molecule has 0 aromatic heterocycles. The summed E-state index contributed by atoms with van der Waals surface area (Å²) in [7, 11) is 0. The van der Waals surface area contributed by atoms with Gasteiger partial charge < -0.3 is 19.6 Å². The first-order chi connectivity index (χ1) is 14.2. The molecule has 2 heterocycles. The summed E-state index contributed by atoms with van der Waals surface area (Å²) >= 11 is 0. The van der Waals surface area contributed by atoms with Crippen molar-refractivity contribution in [1.82, 2.24) is 9.80 Å². The Labute approximate surface area is 172 Å². The molecule has 6 heteroatoms. The van der Waals surface area contributed by atoms with E-state index in [1.807, 2.05) is 40.1 Å². The van der Waals surface area contributed by atoms with Gasteiger partial charge >= 0.3 is 0 Å². The fourth-order valence-corrected chi connectivity index (χ4v) is 5.19. The van der Waals surface area contributed by atoms with Gasteiger partial charge in [-0.3, -0.25) is 9.59 Å². The molecule has 0 spiro atoms. The number of piperidine rings is 1. The number of morpholine rings is 1. The summed E-state index contributed by atoms with van der Waals surface area (Å²) < 4.78 is 5.77. The molecule has 4 rings (SSSR count). The van der Waals surface area contributed by atoms with Crippen molar-refractivity contribution in [3.8, 4) is 0 Å². The molecule has 2 amide bonds. The standard InChI is InChI=1S/C23H32N2O4/c26-16-20-21(17-6-2-1-3-7-17)25(14-15-29-20)23(28)19-10-12-24(13-11-19)22(27)18-8-4-5-9-18/h1-3,6-7,18-21,26H,4-5,8-16H2. The molecule has 158 valence electrons. The Kier molecular flexibility index (Phi) is 6.50. The van der Waals surface area contributed by atoms with Gasteiger partial charge in [0, 0.05) is 31.5 Å². The average molecular weight is 401 g/mol. The summed E-state index contributed by atoms with van der Waals surface area (Å²) in [5.41, 5.74) is 0.994. The first-order valence-electron chi connectivity index (χ1n) is 11.1. The van der Waals surface area contributed by atoms with E-state index in [9.17, 15) is 14.7 Å². The third-order valence-electron chi connectivity index (χ3n) is 6.82. The van der Waals surface area contributed by atoms with E-state index in [4.69, 9.17) is 4.74 Å². The minimum absolute atomic E-state index is 0.0636. The van der Waals surface area contributed by atoms with Crippen molar-refractivity contribution in [2.75, 3.05) is 32.8 Å². The van der Waals surface area contributed by atoms with Crippen LogP contribution in [0.1, 0.15) is 50.1 Å². The quantitative estimate of drug-likeness (QED) is 0.843. The monoisotopic (exact) mass is 400 g/mol. The van der Waals surface area contributed by atoms with Crippen LogP contribution in [0.5, 0.6) is 0 Å². The second-order valence-electron chi connectivity index (χ2n) is 8.56. The van der Waals surface area contributed by atoms with Crippen molar-refractivity contribution in [3.05, 3.63) is 35.9 Å². The molecule has 1 aromatic rings. The van der Waals surface area contributed by atoms with E-state index in [0.29, 0.717) is 32.1 Å². The van der Waals surface area contributed by atoms with Crippen molar-refractivity contribution in [2.45, 2.75) is 50.7 Å². The van der Waals surface area contributed by atoms with Gasteiger partial charge in [0.05, 0.1) is 19.3 Å². The number of hydrogen-bond donors (Lipinski definition) is 1. The molecule has 2 aliphatic heterocycles. The minimum atomic E-state index is -0.404. The highest BCUT2D eigenvalue weighted by Crippen LogP contribution is 2.33. The zero-order valence-corrected chi connectivity index (χ0v) is 17.0. The molecular formula is C23H32N2O4. The van der Waals surface area contributed by atoms with E-state index in [-0.39, 0.29) is 30.4 Å². The average Bonchev–Trinajstić information content (AvgIpc) is 3.33. The molecule has 3 aliphatic rings. The minimum Gasteiger partial charge on any atom is -0.394 e. The number of carbonyl (C=O) groups is 2. The van der Waals surface area contributed by atoms with Gasteiger partial charge in [-0.15, -0.1) is 0 Å². The van der Waals surface area contributed by atoms with Gasteiger partial charge in [0.1, 0.15) is 6.10 Å². The number of likely N-dealkylation sites (tertiary alicyclic amines) is 1. The molecule has 3 fully saturated rings. The Hall–Kier alpha value is -1.92. The first kappa shape index (κ1) is 20.4. The molecule has 2 atom stereocenters. The fraction of sp³-hybridized carbons (Fsp3) is 0.652. The van der Waals surface area contributed by atoms with E-state index < -0.39 is 6.10 Å². The van der Waals surface area contributed by atoms with Crippen LogP contribution in [0.25, 0.3) is 0 Å². The Morgan fingerprint density at radius 2 is 1.59 bits per heavy atom. The molecule has 0 bridgehead atoms. The van der Waals surface area contributed by atoms with E-state index >= 15 is 0 Å². The predicted octanol–water partition coefficient (Wildman–Crippen LogP) is 2.38. The van der Waals surface area contributed by atoms with Crippen LogP contribution in [0.15, 0.2) is 30.3 Å². The van der Waals surface area contributed by atoms with Crippen molar-refractivity contribution in [2.24, 2.45) is 11.8 Å². The smallest absolute Gasteiger partial charge is 0.226 e. The van der Waals surface area contributed by atoms with Gasteiger partial charge in [0.25, 0.3) is 0 Å². The number of rotatable bonds is 4. The van der Waals surface area contributed by atoms with E-state index in [1.165, 1.54) is 0 Å². The summed E-state index contributed by atoms with van der Waals surface area (Å²) in [6.07, 6.45) is 5.41. The van der Waals surface area contributed by atoms with Crippen molar-refractivity contribution in [3.63, 3.8) is 0 Å². The van der Waals surface area contributed by atoms with E-state index in [2.05, 4.69) is 0 Å². The van der Waals surface area contributed by atoms with Crippen LogP contribution in [0.2, 0.25) is 0 Å². The molecule has 29 heavy (non-hydrogen) atoms. The van der Waals surface area contributed by atoms with Gasteiger partial charge in [-0.25, -0.2) is 0 Å². The predicted molar refractivity (Wildman–Crippen MR) is 109 cm³/mol. The first-order valence-corrected chi connectivity index (χ1v) is 11.1. The fourth-order valence-electron chi connectivity index (χ4n) is 5.19.